The van der Waals surface area contributed by atoms with Crippen LogP contribution in [-0.2, 0) is 0 Å². The molecule has 0 spiro atoms. The van der Waals surface area contributed by atoms with Gasteiger partial charge in [0.1, 0.15) is 11.5 Å². The first-order valence-electron chi connectivity index (χ1n) is 5.62. The fourth-order valence-corrected chi connectivity index (χ4v) is 1.54. The summed E-state index contributed by atoms with van der Waals surface area (Å²) in [6.45, 7) is 3.88. The molecule has 2 N–H and O–H groups in total. The van der Waals surface area contributed by atoms with Gasteiger partial charge in [0.15, 0.2) is 0 Å². The fraction of sp³-hybridized carbons (Fsp3) is 0.214. The lowest BCUT2D eigenvalue weighted by atomic mass is 10.1. The zero-order valence-electron chi connectivity index (χ0n) is 10.1. The van der Waals surface area contributed by atoms with Gasteiger partial charge in [-0.05, 0) is 43.7 Å². The van der Waals surface area contributed by atoms with Crippen molar-refractivity contribution in [3.63, 3.8) is 0 Å². The van der Waals surface area contributed by atoms with Crippen molar-refractivity contribution in [3.05, 3.63) is 53.9 Å². The number of nitrogens with two attached hydrogens (primary N) is 1. The molecule has 1 atom stereocenters. The highest BCUT2D eigenvalue weighted by Crippen LogP contribution is 2.24. The Hall–Kier alpha value is -1.87. The van der Waals surface area contributed by atoms with Crippen LogP contribution >= 0.6 is 0 Å². The van der Waals surface area contributed by atoms with Crippen LogP contribution < -0.4 is 10.5 Å². The van der Waals surface area contributed by atoms with Gasteiger partial charge in [0.25, 0.3) is 0 Å². The summed E-state index contributed by atoms with van der Waals surface area (Å²) in [4.78, 5) is 4.18. The van der Waals surface area contributed by atoms with Crippen LogP contribution in [0.15, 0.2) is 42.6 Å². The number of benzene rings is 1. The van der Waals surface area contributed by atoms with E-state index in [0.29, 0.717) is 0 Å². The maximum Gasteiger partial charge on any atom is 0.148 e. The molecule has 0 radical (unpaired) electrons. The van der Waals surface area contributed by atoms with Gasteiger partial charge >= 0.3 is 0 Å². The second-order valence-electron chi connectivity index (χ2n) is 4.05. The van der Waals surface area contributed by atoms with Crippen molar-refractivity contribution in [1.82, 2.24) is 4.98 Å². The molecular formula is C14H16N2O. The molecule has 2 rings (SSSR count). The smallest absolute Gasteiger partial charge is 0.148 e. The molecule has 2 aromatic rings. The average molecular weight is 228 g/mol. The van der Waals surface area contributed by atoms with Crippen LogP contribution in [0.5, 0.6) is 11.5 Å². The molecule has 1 aromatic carbocycles. The Morgan fingerprint density at radius 2 is 1.88 bits per heavy atom. The van der Waals surface area contributed by atoms with Crippen molar-refractivity contribution in [2.75, 3.05) is 0 Å². The van der Waals surface area contributed by atoms with Crippen LogP contribution in [0.2, 0.25) is 0 Å². The van der Waals surface area contributed by atoms with Crippen molar-refractivity contribution in [2.45, 2.75) is 19.9 Å². The van der Waals surface area contributed by atoms with Crippen LogP contribution in [-0.4, -0.2) is 4.98 Å². The van der Waals surface area contributed by atoms with Gasteiger partial charge in [-0.15, -0.1) is 0 Å². The van der Waals surface area contributed by atoms with E-state index in [9.17, 15) is 0 Å². The maximum atomic E-state index is 5.79. The van der Waals surface area contributed by atoms with Crippen LogP contribution in [0.25, 0.3) is 0 Å². The van der Waals surface area contributed by atoms with E-state index in [0.717, 1.165) is 22.8 Å². The number of pyridine rings is 1. The molecule has 1 aromatic heterocycles. The van der Waals surface area contributed by atoms with E-state index in [1.54, 1.807) is 6.20 Å². The first-order valence-corrected chi connectivity index (χ1v) is 5.62. The quantitative estimate of drug-likeness (QED) is 0.877. The molecule has 0 bridgehead atoms. The Kier molecular flexibility index (Phi) is 3.40. The van der Waals surface area contributed by atoms with Gasteiger partial charge in [-0.25, -0.2) is 0 Å². The molecule has 0 saturated heterocycles. The minimum absolute atomic E-state index is 0.0455. The SMILES string of the molecule is Cc1ncccc1Oc1ccc([C@H](C)N)cc1. The van der Waals surface area contributed by atoms with Crippen molar-refractivity contribution in [2.24, 2.45) is 5.73 Å². The Morgan fingerprint density at radius 3 is 2.47 bits per heavy atom. The van der Waals surface area contributed by atoms with E-state index in [1.807, 2.05) is 50.2 Å². The summed E-state index contributed by atoms with van der Waals surface area (Å²) in [6, 6.07) is 11.6. The fourth-order valence-electron chi connectivity index (χ4n) is 1.54. The zero-order valence-corrected chi connectivity index (χ0v) is 10.1. The molecule has 0 unspecified atom stereocenters. The minimum atomic E-state index is 0.0455. The predicted octanol–water partition coefficient (Wildman–Crippen LogP) is 3.20. The van der Waals surface area contributed by atoms with Crippen molar-refractivity contribution >= 4 is 0 Å². The van der Waals surface area contributed by atoms with E-state index in [4.69, 9.17) is 10.5 Å². The molecule has 3 heteroatoms. The zero-order chi connectivity index (χ0) is 12.3. The van der Waals surface area contributed by atoms with Gasteiger partial charge in [0, 0.05) is 12.2 Å². The standard InChI is InChI=1S/C14H16N2O/c1-10(15)12-5-7-13(8-6-12)17-14-4-3-9-16-11(14)2/h3-10H,15H2,1-2H3/t10-/m0/s1. The van der Waals surface area contributed by atoms with E-state index in [1.165, 1.54) is 0 Å². The highest BCUT2D eigenvalue weighted by molar-refractivity contribution is 5.35. The molecule has 88 valence electrons. The van der Waals surface area contributed by atoms with Gasteiger partial charge < -0.3 is 10.5 Å². The van der Waals surface area contributed by atoms with Crippen LogP contribution in [0.3, 0.4) is 0 Å². The maximum absolute atomic E-state index is 5.79. The topological polar surface area (TPSA) is 48.1 Å². The first-order chi connectivity index (χ1) is 8.16. The summed E-state index contributed by atoms with van der Waals surface area (Å²) in [5.41, 5.74) is 7.77. The monoisotopic (exact) mass is 228 g/mol. The van der Waals surface area contributed by atoms with Crippen LogP contribution in [0.4, 0.5) is 0 Å². The highest BCUT2D eigenvalue weighted by Gasteiger charge is 2.03. The third-order valence-corrected chi connectivity index (χ3v) is 2.59. The van der Waals surface area contributed by atoms with E-state index in [2.05, 4.69) is 4.98 Å². The molecule has 17 heavy (non-hydrogen) atoms. The lowest BCUT2D eigenvalue weighted by Gasteiger charge is -2.09. The van der Waals surface area contributed by atoms with E-state index >= 15 is 0 Å². The van der Waals surface area contributed by atoms with Crippen molar-refractivity contribution in [1.29, 1.82) is 0 Å². The van der Waals surface area contributed by atoms with Crippen molar-refractivity contribution in [3.8, 4) is 11.5 Å². The molecule has 0 aliphatic rings. The molecule has 0 fully saturated rings. The Morgan fingerprint density at radius 1 is 1.18 bits per heavy atom. The van der Waals surface area contributed by atoms with Crippen LogP contribution in [0, 0.1) is 6.92 Å². The number of aryl methyl sites for hydroxylation is 1. The highest BCUT2D eigenvalue weighted by atomic mass is 16.5. The summed E-state index contributed by atoms with van der Waals surface area (Å²) in [7, 11) is 0. The van der Waals surface area contributed by atoms with Crippen molar-refractivity contribution < 1.29 is 4.74 Å². The number of aromatic nitrogens is 1. The number of hydrogen-bond donors (Lipinski definition) is 1. The second kappa shape index (κ2) is 4.97. The van der Waals surface area contributed by atoms with Gasteiger partial charge in [0.2, 0.25) is 0 Å². The average Bonchev–Trinajstić information content (AvgIpc) is 2.33. The Balaban J connectivity index is 2.17. The Labute approximate surface area is 101 Å². The first kappa shape index (κ1) is 11.6. The molecule has 0 aliphatic heterocycles. The minimum Gasteiger partial charge on any atom is -0.455 e. The summed E-state index contributed by atoms with van der Waals surface area (Å²) in [5.74, 6) is 1.58. The summed E-state index contributed by atoms with van der Waals surface area (Å²) >= 11 is 0. The van der Waals surface area contributed by atoms with Gasteiger partial charge in [-0.1, -0.05) is 12.1 Å². The third-order valence-electron chi connectivity index (χ3n) is 2.59. The molecule has 0 amide bonds. The number of rotatable bonds is 3. The van der Waals surface area contributed by atoms with E-state index in [-0.39, 0.29) is 6.04 Å². The normalized spacial score (nSPS) is 12.2. The Bertz CT molecular complexity index is 492. The largest absolute Gasteiger partial charge is 0.455 e. The molecule has 0 saturated carbocycles. The van der Waals surface area contributed by atoms with E-state index < -0.39 is 0 Å². The van der Waals surface area contributed by atoms with Gasteiger partial charge in [-0.2, -0.15) is 0 Å². The second-order valence-corrected chi connectivity index (χ2v) is 4.05. The predicted molar refractivity (Wildman–Crippen MR) is 68.1 cm³/mol. The molecule has 3 nitrogen and oxygen atoms in total. The lowest BCUT2D eigenvalue weighted by molar-refractivity contribution is 0.475. The summed E-state index contributed by atoms with van der Waals surface area (Å²) < 4.78 is 5.74. The number of hydrogen-bond acceptors (Lipinski definition) is 3. The molecule has 0 aliphatic carbocycles. The molecule has 1 heterocycles. The van der Waals surface area contributed by atoms with Gasteiger partial charge in [0.05, 0.1) is 5.69 Å². The summed E-state index contributed by atoms with van der Waals surface area (Å²) in [6.07, 6.45) is 1.75. The summed E-state index contributed by atoms with van der Waals surface area (Å²) in [5, 5.41) is 0. The van der Waals surface area contributed by atoms with Crippen LogP contribution in [0.1, 0.15) is 24.2 Å². The lowest BCUT2D eigenvalue weighted by Crippen LogP contribution is -2.04. The number of ether oxygens (including phenoxy) is 1. The third kappa shape index (κ3) is 2.82. The van der Waals surface area contributed by atoms with Gasteiger partial charge in [-0.3, -0.25) is 4.98 Å². The number of nitrogens with zero attached hydrogens (tertiary/aromatic N) is 1. The molecular weight excluding hydrogens is 212 g/mol.